The van der Waals surface area contributed by atoms with E-state index in [1.165, 1.54) is 31.3 Å². The van der Waals surface area contributed by atoms with Crippen molar-refractivity contribution < 1.29 is 4.57 Å². The van der Waals surface area contributed by atoms with Crippen LogP contribution in [0.4, 0.5) is 0 Å². The van der Waals surface area contributed by atoms with Gasteiger partial charge >= 0.3 is 0 Å². The molecule has 2 nitrogen and oxygen atoms in total. The van der Waals surface area contributed by atoms with E-state index in [4.69, 9.17) is 0 Å². The van der Waals surface area contributed by atoms with Crippen molar-refractivity contribution in [1.82, 2.24) is 4.57 Å². The van der Waals surface area contributed by atoms with Crippen LogP contribution in [0, 0.1) is 0 Å². The van der Waals surface area contributed by atoms with E-state index in [1.54, 1.807) is 0 Å². The summed E-state index contributed by atoms with van der Waals surface area (Å²) in [6.45, 7) is 0. The third-order valence-corrected chi connectivity index (χ3v) is 13.9. The van der Waals surface area contributed by atoms with Crippen molar-refractivity contribution in [2.75, 3.05) is 0 Å². The molecule has 0 aliphatic carbocycles. The molecular weight excluding hydrogens is 598 g/mol. The van der Waals surface area contributed by atoms with E-state index in [2.05, 4.69) is 126 Å². The molecule has 0 radical (unpaired) electrons. The molecule has 2 aromatic heterocycles. The Morgan fingerprint density at radius 2 is 1.15 bits per heavy atom. The summed E-state index contributed by atoms with van der Waals surface area (Å²) in [5.41, 5.74) is 7.92. The Bertz CT molecular complexity index is 2720. The molecule has 10 rings (SSSR count). The number of hydrogen-bond acceptors (Lipinski definition) is 2. The van der Waals surface area contributed by atoms with E-state index in [1.807, 2.05) is 47.7 Å². The van der Waals surface area contributed by atoms with Crippen molar-refractivity contribution in [1.29, 1.82) is 0 Å². The van der Waals surface area contributed by atoms with Gasteiger partial charge in [0.05, 0.1) is 11.0 Å². The first-order valence-corrected chi connectivity index (χ1v) is 18.1. The maximum Gasteiger partial charge on any atom is 0.172 e. The highest BCUT2D eigenvalue weighted by molar-refractivity contribution is 7.86. The molecule has 0 saturated heterocycles. The van der Waals surface area contributed by atoms with Gasteiger partial charge in [-0.1, -0.05) is 115 Å². The van der Waals surface area contributed by atoms with Gasteiger partial charge in [0.1, 0.15) is 0 Å². The monoisotopic (exact) mass is 623 g/mol. The normalized spacial score (nSPS) is 15.6. The molecule has 0 spiro atoms. The molecule has 7 aromatic carbocycles. The molecule has 0 bridgehead atoms. The van der Waals surface area contributed by atoms with Crippen LogP contribution in [0.2, 0.25) is 0 Å². The smallest absolute Gasteiger partial charge is 0.172 e. The second kappa shape index (κ2) is 9.64. The maximum atomic E-state index is 15.2. The van der Waals surface area contributed by atoms with Crippen molar-refractivity contribution in [2.45, 2.75) is 0 Å². The lowest BCUT2D eigenvalue weighted by molar-refractivity contribution is 0.593. The minimum Gasteiger partial charge on any atom is -0.309 e. The largest absolute Gasteiger partial charge is 0.309 e. The van der Waals surface area contributed by atoms with Gasteiger partial charge in [-0.2, -0.15) is 0 Å². The summed E-state index contributed by atoms with van der Waals surface area (Å²) < 4.78 is 20.2. The van der Waals surface area contributed by atoms with Gasteiger partial charge in [0.15, 0.2) is 7.14 Å². The number of thiophene rings is 1. The number of benzene rings is 7. The van der Waals surface area contributed by atoms with Crippen LogP contribution in [0.25, 0.3) is 69.9 Å². The quantitative estimate of drug-likeness (QED) is 0.180. The molecule has 46 heavy (non-hydrogen) atoms. The molecule has 9 aromatic rings. The first-order chi connectivity index (χ1) is 22.7. The second-order valence-electron chi connectivity index (χ2n) is 12.1. The molecule has 1 aliphatic heterocycles. The number of hydrogen-bond donors (Lipinski definition) is 0. The number of rotatable bonds is 3. The van der Waals surface area contributed by atoms with Crippen LogP contribution in [0.3, 0.4) is 0 Å². The molecule has 0 saturated carbocycles. The van der Waals surface area contributed by atoms with Crippen LogP contribution in [0.5, 0.6) is 0 Å². The SMILES string of the molecule is O=P1(c2ccccc2)c2ccccc2-c2cc3c(cc21)c1ccccc1n3-c1ccc(-c2ccc3c(c2)sc2ccccc23)cc1. The molecule has 0 amide bonds. The molecular formula is C42H26NOPS. The minimum absolute atomic E-state index is 0.883. The number of aromatic nitrogens is 1. The summed E-state index contributed by atoms with van der Waals surface area (Å²) in [6.07, 6.45) is 0. The van der Waals surface area contributed by atoms with Gasteiger partial charge < -0.3 is 9.13 Å². The van der Waals surface area contributed by atoms with Crippen molar-refractivity contribution in [3.8, 4) is 27.9 Å². The average molecular weight is 624 g/mol. The Labute approximate surface area is 270 Å². The molecule has 1 unspecified atom stereocenters. The Hall–Kier alpha value is -5.21. The van der Waals surface area contributed by atoms with E-state index >= 15 is 4.57 Å². The molecule has 1 aliphatic rings. The van der Waals surface area contributed by atoms with Crippen LogP contribution in [-0.2, 0) is 4.57 Å². The van der Waals surface area contributed by atoms with Crippen LogP contribution < -0.4 is 15.9 Å². The summed E-state index contributed by atoms with van der Waals surface area (Å²) in [6, 6.07) is 55.7. The van der Waals surface area contributed by atoms with Gasteiger partial charge in [-0.05, 0) is 64.7 Å². The Kier molecular flexibility index (Phi) is 5.46. The van der Waals surface area contributed by atoms with Crippen molar-refractivity contribution in [3.05, 3.63) is 158 Å². The standard InChI is InChI=1S/C42H26NOPS/c44-45(30-10-2-1-3-11-30)39-16-8-5-13-32(39)36-25-38-35(26-40(36)45)31-12-4-7-15-37(31)43(38)29-21-18-27(19-22-29)28-20-23-34-33-14-6-9-17-41(33)46-42(34)24-28/h1-26H. The predicted molar refractivity (Wildman–Crippen MR) is 197 cm³/mol. The molecule has 0 N–H and O–H groups in total. The van der Waals surface area contributed by atoms with Crippen LogP contribution in [-0.4, -0.2) is 4.57 Å². The third-order valence-electron chi connectivity index (χ3n) is 9.62. The molecule has 3 heterocycles. The van der Waals surface area contributed by atoms with Gasteiger partial charge in [-0.15, -0.1) is 11.3 Å². The number of fused-ring (bicyclic) bond motifs is 9. The lowest BCUT2D eigenvalue weighted by Gasteiger charge is -2.16. The lowest BCUT2D eigenvalue weighted by atomic mass is 10.0. The molecule has 216 valence electrons. The number of para-hydroxylation sites is 1. The summed E-state index contributed by atoms with van der Waals surface area (Å²) in [7, 11) is -3.02. The molecule has 1 atom stereocenters. The van der Waals surface area contributed by atoms with Crippen LogP contribution in [0.15, 0.2) is 158 Å². The highest BCUT2D eigenvalue weighted by Gasteiger charge is 2.40. The fraction of sp³-hybridized carbons (Fsp3) is 0. The first-order valence-electron chi connectivity index (χ1n) is 15.5. The topological polar surface area (TPSA) is 22.0 Å². The van der Waals surface area contributed by atoms with Crippen molar-refractivity contribution >= 4 is 76.4 Å². The van der Waals surface area contributed by atoms with Crippen LogP contribution >= 0.6 is 18.5 Å². The summed E-state index contributed by atoms with van der Waals surface area (Å²) in [5.74, 6) is 0. The maximum absolute atomic E-state index is 15.2. The van der Waals surface area contributed by atoms with E-state index in [0.29, 0.717) is 0 Å². The summed E-state index contributed by atoms with van der Waals surface area (Å²) >= 11 is 1.85. The summed E-state index contributed by atoms with van der Waals surface area (Å²) in [4.78, 5) is 0. The van der Waals surface area contributed by atoms with E-state index < -0.39 is 7.14 Å². The Morgan fingerprint density at radius 3 is 2.02 bits per heavy atom. The predicted octanol–water partition coefficient (Wildman–Crippen LogP) is 10.4. The highest BCUT2D eigenvalue weighted by Crippen LogP contribution is 2.53. The second-order valence-corrected chi connectivity index (χ2v) is 15.8. The zero-order chi connectivity index (χ0) is 30.4. The molecule has 0 fully saturated rings. The average Bonchev–Trinajstić information content (AvgIpc) is 3.74. The minimum atomic E-state index is -3.02. The Morgan fingerprint density at radius 1 is 0.457 bits per heavy atom. The van der Waals surface area contributed by atoms with Gasteiger partial charge in [0, 0.05) is 52.5 Å². The zero-order valence-corrected chi connectivity index (χ0v) is 26.4. The van der Waals surface area contributed by atoms with Gasteiger partial charge in [0.2, 0.25) is 0 Å². The fourth-order valence-electron chi connectivity index (χ4n) is 7.49. The molecule has 4 heteroatoms. The van der Waals surface area contributed by atoms with Gasteiger partial charge in [0.25, 0.3) is 0 Å². The fourth-order valence-corrected chi connectivity index (χ4v) is 11.7. The van der Waals surface area contributed by atoms with E-state index in [-0.39, 0.29) is 0 Å². The van der Waals surface area contributed by atoms with Gasteiger partial charge in [-0.3, -0.25) is 0 Å². The first kappa shape index (κ1) is 26.1. The summed E-state index contributed by atoms with van der Waals surface area (Å²) in [5, 5.41) is 7.67. The Balaban J connectivity index is 1.16. The zero-order valence-electron chi connectivity index (χ0n) is 24.7. The van der Waals surface area contributed by atoms with Gasteiger partial charge in [-0.25, -0.2) is 0 Å². The number of nitrogens with zero attached hydrogens (tertiary/aromatic N) is 1. The third kappa shape index (κ3) is 3.56. The lowest BCUT2D eigenvalue weighted by Crippen LogP contribution is -2.20. The van der Waals surface area contributed by atoms with E-state index in [0.717, 1.165) is 54.5 Å². The van der Waals surface area contributed by atoms with Crippen molar-refractivity contribution in [3.63, 3.8) is 0 Å². The van der Waals surface area contributed by atoms with Crippen LogP contribution in [0.1, 0.15) is 0 Å². The highest BCUT2D eigenvalue weighted by atomic mass is 32.1. The van der Waals surface area contributed by atoms with E-state index in [9.17, 15) is 0 Å². The van der Waals surface area contributed by atoms with Crippen molar-refractivity contribution in [2.24, 2.45) is 0 Å².